The molecule has 1 aliphatic heterocycles. The number of aryl methyl sites for hydroxylation is 1. The Labute approximate surface area is 278 Å². The van der Waals surface area contributed by atoms with Crippen LogP contribution in [0.25, 0.3) is 11.4 Å². The van der Waals surface area contributed by atoms with Gasteiger partial charge < -0.3 is 14.6 Å². The number of hydrogen-bond donors (Lipinski definition) is 1. The summed E-state index contributed by atoms with van der Waals surface area (Å²) >= 11 is 8.92. The van der Waals surface area contributed by atoms with Gasteiger partial charge >= 0.3 is 5.91 Å². The number of ether oxygens (including phenoxy) is 2. The number of amides is 1. The van der Waals surface area contributed by atoms with E-state index in [0.717, 1.165) is 5.56 Å². The highest BCUT2D eigenvalue weighted by Gasteiger charge is 2.49. The van der Waals surface area contributed by atoms with Crippen molar-refractivity contribution in [1.29, 1.82) is 0 Å². The van der Waals surface area contributed by atoms with E-state index >= 15 is 0 Å². The van der Waals surface area contributed by atoms with Crippen LogP contribution < -0.4 is 14.4 Å². The Morgan fingerprint density at radius 2 is 1.91 bits per heavy atom. The second-order valence-corrected chi connectivity index (χ2v) is 12.7. The zero-order chi connectivity index (χ0) is 32.4. The van der Waals surface area contributed by atoms with Gasteiger partial charge in [-0.2, -0.15) is 0 Å². The molecule has 3 aromatic heterocycles. The Bertz CT molecular complexity index is 2010. The van der Waals surface area contributed by atoms with E-state index in [1.165, 1.54) is 28.0 Å². The molecule has 1 fully saturated rings. The molecule has 2 aromatic carbocycles. The molecule has 13 heteroatoms. The largest absolute Gasteiger partial charge is 0.505 e. The first-order chi connectivity index (χ1) is 22.3. The van der Waals surface area contributed by atoms with Gasteiger partial charge in [-0.1, -0.05) is 77.7 Å². The molecule has 1 N–H and O–H groups in total. The summed E-state index contributed by atoms with van der Waals surface area (Å²) in [6, 6.07) is 17.0. The van der Waals surface area contributed by atoms with Crippen LogP contribution in [-0.2, 0) is 15.3 Å². The normalized spacial score (nSPS) is 15.9. The number of aromatic nitrogens is 4. The molecule has 0 spiro atoms. The van der Waals surface area contributed by atoms with E-state index in [1.54, 1.807) is 53.9 Å². The molecule has 0 bridgehead atoms. The summed E-state index contributed by atoms with van der Waals surface area (Å²) in [6.45, 7) is 7.88. The van der Waals surface area contributed by atoms with Crippen molar-refractivity contribution in [3.63, 3.8) is 0 Å². The van der Waals surface area contributed by atoms with Crippen LogP contribution in [0.4, 0.5) is 5.13 Å². The molecule has 1 aliphatic rings. The monoisotopic (exact) mass is 673 g/mol. The molecule has 1 amide bonds. The van der Waals surface area contributed by atoms with Crippen LogP contribution >= 0.6 is 34.7 Å². The lowest BCUT2D eigenvalue weighted by Gasteiger charge is -2.23. The molecule has 1 saturated heterocycles. The van der Waals surface area contributed by atoms with E-state index in [4.69, 9.17) is 21.1 Å². The number of pyridine rings is 1. The van der Waals surface area contributed by atoms with Gasteiger partial charge in [0.05, 0.1) is 23.9 Å². The van der Waals surface area contributed by atoms with E-state index in [1.807, 2.05) is 37.3 Å². The molecule has 0 radical (unpaired) electrons. The summed E-state index contributed by atoms with van der Waals surface area (Å²) in [5.41, 5.74) is 2.70. The number of aliphatic hydroxyl groups is 1. The maximum Gasteiger partial charge on any atom is 0.301 e. The molecule has 0 aliphatic carbocycles. The van der Waals surface area contributed by atoms with Crippen molar-refractivity contribution < 1.29 is 24.2 Å². The highest BCUT2D eigenvalue weighted by molar-refractivity contribution is 8.00. The standard InChI is InChI=1S/C33H28ClN5O5S2/c1-4-16-44-23-14-13-20(17-24(23)43-5-2)28-26(29(40)27-19(3)35-25-12-8-9-15-38(25)27)30(41)31(42)39(28)32-36-37-33(46-32)45-18-21-10-6-7-11-22(21)34/h4,6-15,17,28,40H,1,5,16,18H2,2-3H3/b29-26+. The number of imidazole rings is 1. The van der Waals surface area contributed by atoms with Crippen molar-refractivity contribution in [3.8, 4) is 11.5 Å². The first-order valence-corrected chi connectivity index (χ1v) is 16.5. The number of fused-ring (bicyclic) bond motifs is 1. The Hall–Kier alpha value is -4.65. The van der Waals surface area contributed by atoms with Crippen molar-refractivity contribution in [3.05, 3.63) is 113 Å². The molecule has 4 heterocycles. The molecule has 234 valence electrons. The van der Waals surface area contributed by atoms with Crippen molar-refractivity contribution >= 4 is 62.9 Å². The Morgan fingerprint density at radius 3 is 2.70 bits per heavy atom. The van der Waals surface area contributed by atoms with Crippen molar-refractivity contribution in [2.24, 2.45) is 0 Å². The van der Waals surface area contributed by atoms with Crippen molar-refractivity contribution in [2.75, 3.05) is 18.1 Å². The Balaban J connectivity index is 1.47. The average molecular weight is 674 g/mol. The number of aliphatic hydroxyl groups excluding tert-OH is 1. The summed E-state index contributed by atoms with van der Waals surface area (Å²) < 4.78 is 13.9. The molecular weight excluding hydrogens is 646 g/mol. The third-order valence-electron chi connectivity index (χ3n) is 7.22. The molecule has 46 heavy (non-hydrogen) atoms. The number of Topliss-reactive ketones (excluding diaryl/α,β-unsaturated/α-hetero) is 1. The van der Waals surface area contributed by atoms with E-state index in [0.29, 0.717) is 55.8 Å². The van der Waals surface area contributed by atoms with Crippen LogP contribution in [0.1, 0.15) is 35.5 Å². The van der Waals surface area contributed by atoms with Gasteiger partial charge in [-0.3, -0.25) is 18.9 Å². The van der Waals surface area contributed by atoms with Gasteiger partial charge in [-0.15, -0.1) is 10.2 Å². The number of hydrogen-bond acceptors (Lipinski definition) is 10. The predicted molar refractivity (Wildman–Crippen MR) is 179 cm³/mol. The summed E-state index contributed by atoms with van der Waals surface area (Å²) in [5.74, 6) is -0.653. The third kappa shape index (κ3) is 5.86. The molecular formula is C33H28ClN5O5S2. The van der Waals surface area contributed by atoms with Gasteiger partial charge in [0, 0.05) is 17.0 Å². The summed E-state index contributed by atoms with van der Waals surface area (Å²) in [7, 11) is 0. The first kappa shape index (κ1) is 31.3. The van der Waals surface area contributed by atoms with Crippen LogP contribution in [0.3, 0.4) is 0 Å². The zero-order valence-corrected chi connectivity index (χ0v) is 27.2. The maximum absolute atomic E-state index is 13.9. The number of thioether (sulfide) groups is 1. The second-order valence-electron chi connectivity index (χ2n) is 10.1. The van der Waals surface area contributed by atoms with Gasteiger partial charge in [0.25, 0.3) is 5.78 Å². The number of ketones is 1. The van der Waals surface area contributed by atoms with Crippen LogP contribution in [0.2, 0.25) is 5.02 Å². The minimum absolute atomic E-state index is 0.110. The number of anilines is 1. The van der Waals surface area contributed by atoms with Gasteiger partial charge in [0.15, 0.2) is 21.6 Å². The van der Waals surface area contributed by atoms with Gasteiger partial charge in [0.1, 0.15) is 17.9 Å². The predicted octanol–water partition coefficient (Wildman–Crippen LogP) is 7.03. The number of carbonyl (C=O) groups excluding carboxylic acids is 2. The van der Waals surface area contributed by atoms with E-state index in [9.17, 15) is 14.7 Å². The van der Waals surface area contributed by atoms with E-state index in [2.05, 4.69) is 21.8 Å². The number of halogens is 1. The lowest BCUT2D eigenvalue weighted by Crippen LogP contribution is -2.29. The van der Waals surface area contributed by atoms with Crippen LogP contribution in [0.5, 0.6) is 11.5 Å². The maximum atomic E-state index is 13.9. The van der Waals surface area contributed by atoms with Crippen LogP contribution in [0, 0.1) is 6.92 Å². The molecule has 1 atom stereocenters. The minimum atomic E-state index is -1.06. The second kappa shape index (κ2) is 13.4. The lowest BCUT2D eigenvalue weighted by atomic mass is 9.96. The molecule has 6 rings (SSSR count). The molecule has 5 aromatic rings. The quantitative estimate of drug-likeness (QED) is 0.0394. The smallest absolute Gasteiger partial charge is 0.301 e. The minimum Gasteiger partial charge on any atom is -0.505 e. The molecule has 10 nitrogen and oxygen atoms in total. The molecule has 1 unspecified atom stereocenters. The van der Waals surface area contributed by atoms with Gasteiger partial charge in [-0.25, -0.2) is 4.98 Å². The highest BCUT2D eigenvalue weighted by Crippen LogP contribution is 2.46. The van der Waals surface area contributed by atoms with E-state index in [-0.39, 0.29) is 23.1 Å². The Kier molecular flexibility index (Phi) is 9.11. The van der Waals surface area contributed by atoms with E-state index < -0.39 is 17.7 Å². The number of nitrogens with zero attached hydrogens (tertiary/aromatic N) is 5. The average Bonchev–Trinajstić information content (AvgIpc) is 3.73. The Morgan fingerprint density at radius 1 is 1.11 bits per heavy atom. The summed E-state index contributed by atoms with van der Waals surface area (Å²) in [6.07, 6.45) is 3.36. The first-order valence-electron chi connectivity index (χ1n) is 14.3. The van der Waals surface area contributed by atoms with Crippen LogP contribution in [-0.4, -0.2) is 49.6 Å². The number of rotatable bonds is 11. The highest BCUT2D eigenvalue weighted by atomic mass is 35.5. The fourth-order valence-corrected chi connectivity index (χ4v) is 7.37. The topological polar surface area (TPSA) is 119 Å². The third-order valence-corrected chi connectivity index (χ3v) is 9.70. The van der Waals surface area contributed by atoms with Crippen molar-refractivity contribution in [2.45, 2.75) is 30.0 Å². The SMILES string of the molecule is C=CCOc1ccc(C2/C(=C(\O)c3c(C)nc4ccccn34)C(=O)C(=O)N2c2nnc(SCc3ccccc3Cl)s2)cc1OCC. The zero-order valence-electron chi connectivity index (χ0n) is 24.8. The molecule has 0 saturated carbocycles. The van der Waals surface area contributed by atoms with Crippen LogP contribution in [0.15, 0.2) is 89.4 Å². The van der Waals surface area contributed by atoms with Crippen molar-refractivity contribution in [1.82, 2.24) is 19.6 Å². The number of carbonyl (C=O) groups is 2. The number of benzene rings is 2. The lowest BCUT2D eigenvalue weighted by molar-refractivity contribution is -0.132. The fraction of sp³-hybridized carbons (Fsp3) is 0.182. The van der Waals surface area contributed by atoms with Gasteiger partial charge in [-0.05, 0) is 55.3 Å². The fourth-order valence-electron chi connectivity index (χ4n) is 5.22. The van der Waals surface area contributed by atoms with Gasteiger partial charge in [0.2, 0.25) is 5.13 Å². The summed E-state index contributed by atoms with van der Waals surface area (Å²) in [5, 5.41) is 21.3. The summed E-state index contributed by atoms with van der Waals surface area (Å²) in [4.78, 5) is 33.5.